The number of nitrogens with zero attached hydrogens (tertiary/aromatic N) is 1. The number of aromatic nitrogens is 1. The SMILES string of the molecule is C#Cc1cccc[n+]1CC. The molecule has 0 unspecified atom stereocenters. The van der Waals surface area contributed by atoms with Crippen molar-refractivity contribution in [2.75, 3.05) is 0 Å². The molecule has 0 saturated carbocycles. The third-order valence-corrected chi connectivity index (χ3v) is 1.43. The molecular formula is C9H10N+. The molecule has 0 bridgehead atoms. The van der Waals surface area contributed by atoms with Crippen molar-refractivity contribution in [2.24, 2.45) is 0 Å². The Kier molecular flexibility index (Phi) is 2.07. The molecule has 1 aromatic rings. The van der Waals surface area contributed by atoms with Crippen LogP contribution in [0.4, 0.5) is 0 Å². The molecule has 1 nitrogen and oxygen atoms in total. The van der Waals surface area contributed by atoms with Crippen LogP contribution in [0.3, 0.4) is 0 Å². The molecule has 1 aromatic heterocycles. The Morgan fingerprint density at radius 3 is 2.90 bits per heavy atom. The lowest BCUT2D eigenvalue weighted by molar-refractivity contribution is -0.695. The number of rotatable bonds is 1. The summed E-state index contributed by atoms with van der Waals surface area (Å²) in [5.74, 6) is 2.61. The molecule has 1 heterocycles. The molecule has 0 fully saturated rings. The summed E-state index contributed by atoms with van der Waals surface area (Å²) < 4.78 is 2.03. The van der Waals surface area contributed by atoms with E-state index in [0.717, 1.165) is 12.2 Å². The molecule has 0 aliphatic carbocycles. The number of aryl methyl sites for hydroxylation is 1. The Labute approximate surface area is 61.3 Å². The first kappa shape index (κ1) is 6.82. The zero-order valence-electron chi connectivity index (χ0n) is 6.04. The van der Waals surface area contributed by atoms with Gasteiger partial charge in [0.05, 0.1) is 0 Å². The smallest absolute Gasteiger partial charge is 0.192 e. The Morgan fingerprint density at radius 2 is 2.40 bits per heavy atom. The van der Waals surface area contributed by atoms with Gasteiger partial charge in [0.25, 0.3) is 5.69 Å². The van der Waals surface area contributed by atoms with Gasteiger partial charge in [-0.3, -0.25) is 0 Å². The molecule has 0 amide bonds. The summed E-state index contributed by atoms with van der Waals surface area (Å²) >= 11 is 0. The summed E-state index contributed by atoms with van der Waals surface area (Å²) in [4.78, 5) is 0. The lowest BCUT2D eigenvalue weighted by Crippen LogP contribution is -2.35. The maximum Gasteiger partial charge on any atom is 0.256 e. The summed E-state index contributed by atoms with van der Waals surface area (Å²) in [7, 11) is 0. The molecule has 0 aliphatic rings. The fourth-order valence-corrected chi connectivity index (χ4v) is 0.883. The van der Waals surface area contributed by atoms with E-state index in [0.29, 0.717) is 0 Å². The average molecular weight is 132 g/mol. The highest BCUT2D eigenvalue weighted by Crippen LogP contribution is 1.86. The van der Waals surface area contributed by atoms with E-state index in [1.807, 2.05) is 29.0 Å². The van der Waals surface area contributed by atoms with E-state index >= 15 is 0 Å². The van der Waals surface area contributed by atoms with Crippen LogP contribution in [-0.2, 0) is 6.54 Å². The lowest BCUT2D eigenvalue weighted by Gasteiger charge is -1.91. The number of pyridine rings is 1. The van der Waals surface area contributed by atoms with Gasteiger partial charge < -0.3 is 0 Å². The van der Waals surface area contributed by atoms with Gasteiger partial charge in [-0.15, -0.1) is 6.42 Å². The normalized spacial score (nSPS) is 8.80. The zero-order chi connectivity index (χ0) is 7.40. The molecular weight excluding hydrogens is 122 g/mol. The standard InChI is InChI=1S/C9H10N/c1-3-9-7-5-6-8-10(9)4-2/h1,5-8H,4H2,2H3/q+1. The molecule has 0 N–H and O–H groups in total. The molecule has 1 heteroatoms. The van der Waals surface area contributed by atoms with E-state index in [1.165, 1.54) is 0 Å². The van der Waals surface area contributed by atoms with Crippen LogP contribution in [0.1, 0.15) is 12.6 Å². The van der Waals surface area contributed by atoms with Crippen LogP contribution in [0.2, 0.25) is 0 Å². The van der Waals surface area contributed by atoms with Crippen molar-refractivity contribution in [3.05, 3.63) is 30.1 Å². The minimum absolute atomic E-state index is 0.931. The number of terminal acetylenes is 1. The maximum atomic E-state index is 5.26. The third kappa shape index (κ3) is 1.16. The van der Waals surface area contributed by atoms with Crippen molar-refractivity contribution in [1.29, 1.82) is 0 Å². The quantitative estimate of drug-likeness (QED) is 0.396. The van der Waals surface area contributed by atoms with E-state index in [-0.39, 0.29) is 0 Å². The average Bonchev–Trinajstić information content (AvgIpc) is 2.04. The van der Waals surface area contributed by atoms with Crippen molar-refractivity contribution in [3.63, 3.8) is 0 Å². The fourth-order valence-electron chi connectivity index (χ4n) is 0.883. The van der Waals surface area contributed by atoms with E-state index in [2.05, 4.69) is 12.8 Å². The van der Waals surface area contributed by atoms with Crippen molar-refractivity contribution >= 4 is 0 Å². The molecule has 0 radical (unpaired) electrons. The van der Waals surface area contributed by atoms with E-state index in [9.17, 15) is 0 Å². The highest BCUT2D eigenvalue weighted by molar-refractivity contribution is 5.18. The molecule has 1 rings (SSSR count). The van der Waals surface area contributed by atoms with Crippen LogP contribution >= 0.6 is 0 Å². The molecule has 50 valence electrons. The van der Waals surface area contributed by atoms with Gasteiger partial charge in [0, 0.05) is 12.1 Å². The summed E-state index contributed by atoms with van der Waals surface area (Å²) in [5, 5.41) is 0. The van der Waals surface area contributed by atoms with E-state index in [4.69, 9.17) is 6.42 Å². The van der Waals surface area contributed by atoms with Crippen LogP contribution in [0.5, 0.6) is 0 Å². The molecule has 0 aromatic carbocycles. The summed E-state index contributed by atoms with van der Waals surface area (Å²) in [6.07, 6.45) is 7.24. The van der Waals surface area contributed by atoms with Gasteiger partial charge in [0.1, 0.15) is 6.54 Å². The number of hydrogen-bond acceptors (Lipinski definition) is 0. The van der Waals surface area contributed by atoms with Gasteiger partial charge in [0.15, 0.2) is 6.20 Å². The van der Waals surface area contributed by atoms with Gasteiger partial charge in [-0.1, -0.05) is 0 Å². The first-order valence-corrected chi connectivity index (χ1v) is 3.33. The highest BCUT2D eigenvalue weighted by Gasteiger charge is 2.00. The number of hydrogen-bond donors (Lipinski definition) is 0. The second kappa shape index (κ2) is 3.03. The topological polar surface area (TPSA) is 3.88 Å². The van der Waals surface area contributed by atoms with E-state index in [1.54, 1.807) is 0 Å². The minimum atomic E-state index is 0.931. The third-order valence-electron chi connectivity index (χ3n) is 1.43. The summed E-state index contributed by atoms with van der Waals surface area (Å²) in [5.41, 5.74) is 0.935. The van der Waals surface area contributed by atoms with Crippen molar-refractivity contribution in [1.82, 2.24) is 0 Å². The molecule has 0 spiro atoms. The molecule has 0 atom stereocenters. The van der Waals surface area contributed by atoms with Crippen molar-refractivity contribution in [3.8, 4) is 12.3 Å². The van der Waals surface area contributed by atoms with Gasteiger partial charge in [-0.05, 0) is 18.9 Å². The van der Waals surface area contributed by atoms with Crippen molar-refractivity contribution < 1.29 is 4.57 Å². The van der Waals surface area contributed by atoms with Crippen LogP contribution in [0.15, 0.2) is 24.4 Å². The Hall–Kier alpha value is -1.29. The maximum absolute atomic E-state index is 5.26. The zero-order valence-corrected chi connectivity index (χ0v) is 6.04. The van der Waals surface area contributed by atoms with Gasteiger partial charge in [0.2, 0.25) is 0 Å². The van der Waals surface area contributed by atoms with Gasteiger partial charge >= 0.3 is 0 Å². The highest BCUT2D eigenvalue weighted by atomic mass is 14.9. The molecule has 10 heavy (non-hydrogen) atoms. The first-order valence-electron chi connectivity index (χ1n) is 3.33. The monoisotopic (exact) mass is 132 g/mol. The second-order valence-corrected chi connectivity index (χ2v) is 2.02. The van der Waals surface area contributed by atoms with Gasteiger partial charge in [-0.25, -0.2) is 0 Å². The fraction of sp³-hybridized carbons (Fsp3) is 0.222. The van der Waals surface area contributed by atoms with E-state index < -0.39 is 0 Å². The van der Waals surface area contributed by atoms with Gasteiger partial charge in [-0.2, -0.15) is 4.57 Å². The van der Waals surface area contributed by atoms with Crippen LogP contribution in [0.25, 0.3) is 0 Å². The largest absolute Gasteiger partial charge is 0.256 e. The lowest BCUT2D eigenvalue weighted by atomic mass is 10.3. The Balaban J connectivity index is 3.12. The minimum Gasteiger partial charge on any atom is -0.192 e. The summed E-state index contributed by atoms with van der Waals surface area (Å²) in [6, 6.07) is 5.86. The Bertz CT molecular complexity index is 258. The predicted molar refractivity (Wildman–Crippen MR) is 40.2 cm³/mol. The predicted octanol–water partition coefficient (Wildman–Crippen LogP) is 0.975. The Morgan fingerprint density at radius 1 is 1.60 bits per heavy atom. The molecule has 0 aliphatic heterocycles. The van der Waals surface area contributed by atoms with Crippen LogP contribution < -0.4 is 4.57 Å². The summed E-state index contributed by atoms with van der Waals surface area (Å²) in [6.45, 7) is 3.00. The molecule has 0 saturated heterocycles. The first-order chi connectivity index (χ1) is 4.88. The van der Waals surface area contributed by atoms with Crippen LogP contribution in [-0.4, -0.2) is 0 Å². The second-order valence-electron chi connectivity index (χ2n) is 2.02. The van der Waals surface area contributed by atoms with Crippen LogP contribution in [0, 0.1) is 12.3 Å². The van der Waals surface area contributed by atoms with Crippen molar-refractivity contribution in [2.45, 2.75) is 13.5 Å².